The lowest BCUT2D eigenvalue weighted by molar-refractivity contribution is 0.0744. The van der Waals surface area contributed by atoms with Crippen LogP contribution in [0.3, 0.4) is 0 Å². The maximum Gasteiger partial charge on any atom is 0.283 e. The number of rotatable bonds is 7. The summed E-state index contributed by atoms with van der Waals surface area (Å²) in [6.07, 6.45) is 0.820. The first kappa shape index (κ1) is 22.6. The molecular formula is C24H30ClFN2O2. The summed E-state index contributed by atoms with van der Waals surface area (Å²) in [5.74, 6) is -0.137. The van der Waals surface area contributed by atoms with E-state index in [2.05, 4.69) is 13.8 Å². The number of nitrogens with zero attached hydrogens (tertiary/aromatic N) is 1. The minimum Gasteiger partial charge on any atom is -0.462 e. The molecule has 2 aromatic rings. The van der Waals surface area contributed by atoms with Gasteiger partial charge in [-0.25, -0.2) is 9.38 Å². The average Bonchev–Trinajstić information content (AvgIpc) is 3.07. The van der Waals surface area contributed by atoms with Gasteiger partial charge in [-0.3, -0.25) is 0 Å². The van der Waals surface area contributed by atoms with Gasteiger partial charge in [-0.15, -0.1) is 0 Å². The molecule has 1 aliphatic rings. The van der Waals surface area contributed by atoms with E-state index in [-0.39, 0.29) is 23.7 Å². The third kappa shape index (κ3) is 4.47. The van der Waals surface area contributed by atoms with Gasteiger partial charge in [-0.1, -0.05) is 44.5 Å². The highest BCUT2D eigenvalue weighted by Gasteiger charge is 2.47. The normalized spacial score (nSPS) is 20.7. The number of aliphatic imine (C=N–C) groups is 1. The molecule has 1 heterocycles. The minimum atomic E-state index is -0.717. The van der Waals surface area contributed by atoms with Crippen LogP contribution in [0.25, 0.3) is 11.1 Å². The number of aliphatic hydroxyl groups excluding tert-OH is 1. The van der Waals surface area contributed by atoms with Crippen LogP contribution < -0.4 is 5.73 Å². The maximum atomic E-state index is 14.0. The first-order chi connectivity index (χ1) is 14.2. The molecule has 0 bridgehead atoms. The van der Waals surface area contributed by atoms with Crippen LogP contribution in [0.2, 0.25) is 5.02 Å². The first-order valence-electron chi connectivity index (χ1n) is 10.4. The van der Waals surface area contributed by atoms with Gasteiger partial charge in [0, 0.05) is 5.02 Å². The van der Waals surface area contributed by atoms with E-state index >= 15 is 0 Å². The van der Waals surface area contributed by atoms with Crippen molar-refractivity contribution in [1.29, 1.82) is 0 Å². The molecule has 1 aliphatic heterocycles. The van der Waals surface area contributed by atoms with Crippen LogP contribution in [0, 0.1) is 24.6 Å². The maximum absolute atomic E-state index is 14.0. The number of benzene rings is 2. The lowest BCUT2D eigenvalue weighted by Crippen LogP contribution is -2.40. The lowest BCUT2D eigenvalue weighted by Gasteiger charge is -2.38. The molecule has 0 saturated carbocycles. The van der Waals surface area contributed by atoms with E-state index in [1.54, 1.807) is 6.07 Å². The summed E-state index contributed by atoms with van der Waals surface area (Å²) in [6.45, 7) is 8.56. The summed E-state index contributed by atoms with van der Waals surface area (Å²) in [5, 5.41) is 10.8. The van der Waals surface area contributed by atoms with Crippen molar-refractivity contribution in [3.63, 3.8) is 0 Å². The fourth-order valence-electron chi connectivity index (χ4n) is 4.44. The van der Waals surface area contributed by atoms with Crippen molar-refractivity contribution in [2.75, 3.05) is 6.61 Å². The van der Waals surface area contributed by atoms with Crippen molar-refractivity contribution in [2.45, 2.75) is 52.2 Å². The Morgan fingerprint density at radius 1 is 1.23 bits per heavy atom. The topological polar surface area (TPSA) is 67.8 Å². The number of aryl methyl sites for hydroxylation is 1. The summed E-state index contributed by atoms with van der Waals surface area (Å²) in [4.78, 5) is 4.79. The zero-order chi connectivity index (χ0) is 22.1. The molecule has 3 rings (SSSR count). The molecule has 3 N–H and O–H groups in total. The van der Waals surface area contributed by atoms with Crippen LogP contribution in [-0.4, -0.2) is 23.8 Å². The van der Waals surface area contributed by atoms with Gasteiger partial charge in [0.25, 0.3) is 6.02 Å². The van der Waals surface area contributed by atoms with Gasteiger partial charge < -0.3 is 15.6 Å². The Labute approximate surface area is 182 Å². The molecule has 2 aromatic carbocycles. The Balaban J connectivity index is 2.17. The SMILES string of the molecule is CCC(O)CC(C(C)C)C1(c2cc(-c3cc(F)cc(Cl)c3)ccc2C)COC(N)=N1. The second-order valence-corrected chi connectivity index (χ2v) is 8.94. The highest BCUT2D eigenvalue weighted by molar-refractivity contribution is 6.30. The molecule has 0 spiro atoms. The number of nitrogens with two attached hydrogens (primary N) is 1. The quantitative estimate of drug-likeness (QED) is 0.613. The Kier molecular flexibility index (Phi) is 6.73. The van der Waals surface area contributed by atoms with Crippen molar-refractivity contribution < 1.29 is 14.2 Å². The summed E-state index contributed by atoms with van der Waals surface area (Å²) in [6, 6.07) is 10.6. The van der Waals surface area contributed by atoms with Crippen molar-refractivity contribution in [3.8, 4) is 11.1 Å². The number of hydrogen-bond donors (Lipinski definition) is 2. The number of ether oxygens (including phenoxy) is 1. The van der Waals surface area contributed by atoms with E-state index in [4.69, 9.17) is 27.1 Å². The van der Waals surface area contributed by atoms with Crippen molar-refractivity contribution in [2.24, 2.45) is 22.6 Å². The fourth-order valence-corrected chi connectivity index (χ4v) is 4.66. The zero-order valence-electron chi connectivity index (χ0n) is 18.0. The molecule has 0 aromatic heterocycles. The van der Waals surface area contributed by atoms with Crippen LogP contribution in [0.5, 0.6) is 0 Å². The van der Waals surface area contributed by atoms with E-state index < -0.39 is 11.6 Å². The highest BCUT2D eigenvalue weighted by atomic mass is 35.5. The number of amidine groups is 1. The van der Waals surface area contributed by atoms with E-state index in [0.29, 0.717) is 30.0 Å². The zero-order valence-corrected chi connectivity index (χ0v) is 18.7. The smallest absolute Gasteiger partial charge is 0.283 e. The van der Waals surface area contributed by atoms with Crippen molar-refractivity contribution in [3.05, 3.63) is 58.4 Å². The average molecular weight is 433 g/mol. The molecular weight excluding hydrogens is 403 g/mol. The molecule has 30 heavy (non-hydrogen) atoms. The highest BCUT2D eigenvalue weighted by Crippen LogP contribution is 2.46. The van der Waals surface area contributed by atoms with Gasteiger partial charge in [-0.2, -0.15) is 0 Å². The number of aliphatic hydroxyl groups is 1. The summed E-state index contributed by atoms with van der Waals surface area (Å²) >= 11 is 6.08. The molecule has 4 nitrogen and oxygen atoms in total. The summed E-state index contributed by atoms with van der Waals surface area (Å²) in [5.41, 5.74) is 8.83. The molecule has 0 radical (unpaired) electrons. The van der Waals surface area contributed by atoms with Crippen molar-refractivity contribution >= 4 is 17.6 Å². The summed E-state index contributed by atoms with van der Waals surface area (Å²) in [7, 11) is 0. The van der Waals surface area contributed by atoms with E-state index in [1.165, 1.54) is 12.1 Å². The second kappa shape index (κ2) is 8.94. The van der Waals surface area contributed by atoms with Gasteiger partial charge in [0.2, 0.25) is 0 Å². The van der Waals surface area contributed by atoms with Crippen LogP contribution in [0.1, 0.15) is 44.7 Å². The number of halogens is 2. The predicted octanol–water partition coefficient (Wildman–Crippen LogP) is 5.43. The third-order valence-electron chi connectivity index (χ3n) is 6.07. The molecule has 0 amide bonds. The van der Waals surface area contributed by atoms with E-state index in [0.717, 1.165) is 16.7 Å². The van der Waals surface area contributed by atoms with E-state index in [9.17, 15) is 9.50 Å². The standard InChI is InChI=1S/C24H30ClFN2O2/c1-5-20(29)12-21(14(2)3)24(13-30-23(27)28-24)22-10-16(7-6-15(22)4)17-8-18(25)11-19(26)9-17/h6-11,14,20-21,29H,5,12-13H2,1-4H3,(H2,27,28). The van der Waals surface area contributed by atoms with Crippen LogP contribution in [-0.2, 0) is 10.3 Å². The largest absolute Gasteiger partial charge is 0.462 e. The lowest BCUT2D eigenvalue weighted by atomic mass is 9.69. The van der Waals surface area contributed by atoms with E-state index in [1.807, 2.05) is 32.0 Å². The van der Waals surface area contributed by atoms with Gasteiger partial charge >= 0.3 is 0 Å². The van der Waals surface area contributed by atoms with Gasteiger partial charge in [-0.05, 0) is 78.1 Å². The molecule has 3 atom stereocenters. The van der Waals surface area contributed by atoms with Crippen LogP contribution in [0.15, 0.2) is 41.4 Å². The monoisotopic (exact) mass is 432 g/mol. The minimum absolute atomic E-state index is 0.0125. The van der Waals surface area contributed by atoms with Gasteiger partial charge in [0.1, 0.15) is 18.0 Å². The van der Waals surface area contributed by atoms with Gasteiger partial charge in [0.15, 0.2) is 0 Å². The first-order valence-corrected chi connectivity index (χ1v) is 10.8. The second-order valence-electron chi connectivity index (χ2n) is 8.50. The molecule has 3 unspecified atom stereocenters. The molecule has 0 fully saturated rings. The molecule has 6 heteroatoms. The van der Waals surface area contributed by atoms with Gasteiger partial charge in [0.05, 0.1) is 6.10 Å². The molecule has 0 aliphatic carbocycles. The molecule has 0 saturated heterocycles. The van der Waals surface area contributed by atoms with Crippen LogP contribution >= 0.6 is 11.6 Å². The van der Waals surface area contributed by atoms with Crippen LogP contribution in [0.4, 0.5) is 4.39 Å². The predicted molar refractivity (Wildman–Crippen MR) is 120 cm³/mol. The Morgan fingerprint density at radius 3 is 2.53 bits per heavy atom. The Morgan fingerprint density at radius 2 is 1.97 bits per heavy atom. The molecule has 162 valence electrons. The number of hydrogen-bond acceptors (Lipinski definition) is 4. The summed E-state index contributed by atoms with van der Waals surface area (Å²) < 4.78 is 19.6. The fraction of sp³-hybridized carbons (Fsp3) is 0.458. The van der Waals surface area contributed by atoms with Crippen molar-refractivity contribution in [1.82, 2.24) is 0 Å². The third-order valence-corrected chi connectivity index (χ3v) is 6.28. The Bertz CT molecular complexity index is 927. The Hall–Kier alpha value is -2.11.